The normalized spacial score (nSPS) is 17.1. The molecule has 4 heterocycles. The molecule has 148 valence electrons. The maximum atomic E-state index is 14.0. The highest BCUT2D eigenvalue weighted by molar-refractivity contribution is 5.90. The third-order valence-corrected chi connectivity index (χ3v) is 5.55. The lowest BCUT2D eigenvalue weighted by molar-refractivity contribution is -0.157. The molecule has 4 N–H and O–H groups in total. The molecular weight excluding hydrogens is 381 g/mol. The van der Waals surface area contributed by atoms with Crippen LogP contribution in [0.2, 0.25) is 0 Å². The number of halogens is 1. The van der Waals surface area contributed by atoms with Gasteiger partial charge in [-0.1, -0.05) is 0 Å². The average Bonchev–Trinajstić information content (AvgIpc) is 3.05. The standard InChI is InChI=1S/C20H16FN3O5/c21-13-5-15-9(3-14(13)22)8(1-2-25)11-6-24-16(17(11)23-15)4-10-12(19(24)27)7-29-20(28)18(10)26/h3-5,18,25-26H,1-2,6-7,22H2. The molecule has 3 aromatic rings. The Morgan fingerprint density at radius 1 is 1.28 bits per heavy atom. The summed E-state index contributed by atoms with van der Waals surface area (Å²) in [4.78, 5) is 29.3. The monoisotopic (exact) mass is 397 g/mol. The van der Waals surface area contributed by atoms with Gasteiger partial charge in [-0.2, -0.15) is 0 Å². The van der Waals surface area contributed by atoms with Crippen molar-refractivity contribution in [1.82, 2.24) is 9.55 Å². The van der Waals surface area contributed by atoms with Crippen molar-refractivity contribution >= 4 is 22.6 Å². The van der Waals surface area contributed by atoms with Gasteiger partial charge in [0.25, 0.3) is 5.56 Å². The smallest absolute Gasteiger partial charge is 0.340 e. The number of carbonyl (C=O) groups excluding carboxylic acids is 1. The Labute approximate surface area is 163 Å². The summed E-state index contributed by atoms with van der Waals surface area (Å²) in [7, 11) is 0. The second-order valence-corrected chi connectivity index (χ2v) is 7.15. The summed E-state index contributed by atoms with van der Waals surface area (Å²) >= 11 is 0. The van der Waals surface area contributed by atoms with Crippen LogP contribution in [0.1, 0.15) is 28.4 Å². The molecule has 0 saturated carbocycles. The van der Waals surface area contributed by atoms with Crippen LogP contribution in [0.4, 0.5) is 10.1 Å². The Balaban J connectivity index is 1.83. The van der Waals surface area contributed by atoms with Gasteiger partial charge >= 0.3 is 5.97 Å². The van der Waals surface area contributed by atoms with Crippen LogP contribution in [0.25, 0.3) is 22.3 Å². The maximum Gasteiger partial charge on any atom is 0.340 e. The zero-order valence-electron chi connectivity index (χ0n) is 15.1. The lowest BCUT2D eigenvalue weighted by Gasteiger charge is -2.21. The largest absolute Gasteiger partial charge is 0.458 e. The fourth-order valence-electron chi connectivity index (χ4n) is 4.14. The van der Waals surface area contributed by atoms with E-state index in [9.17, 15) is 24.2 Å². The van der Waals surface area contributed by atoms with Crippen molar-refractivity contribution in [2.75, 3.05) is 12.3 Å². The predicted molar refractivity (Wildman–Crippen MR) is 100 cm³/mol. The molecule has 2 aliphatic rings. The van der Waals surface area contributed by atoms with Crippen LogP contribution in [0.5, 0.6) is 0 Å². The Morgan fingerprint density at radius 2 is 2.07 bits per heavy atom. The molecule has 0 saturated heterocycles. The molecule has 0 fully saturated rings. The highest BCUT2D eigenvalue weighted by Gasteiger charge is 2.34. The number of benzene rings is 1. The molecule has 1 atom stereocenters. The number of rotatable bonds is 2. The number of cyclic esters (lactones) is 1. The van der Waals surface area contributed by atoms with Crippen LogP contribution in [0.15, 0.2) is 23.0 Å². The number of aliphatic hydroxyl groups excluding tert-OH is 2. The summed E-state index contributed by atoms with van der Waals surface area (Å²) in [5.41, 5.74) is 8.40. The minimum Gasteiger partial charge on any atom is -0.458 e. The molecule has 2 aliphatic heterocycles. The molecule has 8 nitrogen and oxygen atoms in total. The first kappa shape index (κ1) is 17.8. The van der Waals surface area contributed by atoms with E-state index >= 15 is 0 Å². The summed E-state index contributed by atoms with van der Waals surface area (Å²) in [5, 5.41) is 20.3. The number of esters is 1. The number of hydrogen-bond donors (Lipinski definition) is 3. The number of ether oxygens (including phenoxy) is 1. The molecule has 0 bridgehead atoms. The average molecular weight is 397 g/mol. The van der Waals surface area contributed by atoms with Crippen LogP contribution in [-0.2, 0) is 29.1 Å². The summed E-state index contributed by atoms with van der Waals surface area (Å²) in [5.74, 6) is -1.43. The van der Waals surface area contributed by atoms with Gasteiger partial charge in [-0.3, -0.25) is 4.79 Å². The first-order valence-electron chi connectivity index (χ1n) is 9.03. The molecule has 1 aromatic carbocycles. The highest BCUT2D eigenvalue weighted by atomic mass is 19.1. The third-order valence-electron chi connectivity index (χ3n) is 5.55. The van der Waals surface area contributed by atoms with Gasteiger partial charge in [0.15, 0.2) is 6.10 Å². The number of aromatic nitrogens is 2. The predicted octanol–water partition coefficient (Wildman–Crippen LogP) is 0.771. The lowest BCUT2D eigenvalue weighted by atomic mass is 9.97. The van der Waals surface area contributed by atoms with Gasteiger partial charge in [-0.15, -0.1) is 0 Å². The molecule has 2 aromatic heterocycles. The van der Waals surface area contributed by atoms with Gasteiger partial charge in [0.1, 0.15) is 12.4 Å². The summed E-state index contributed by atoms with van der Waals surface area (Å²) < 4.78 is 20.4. The topological polar surface area (TPSA) is 128 Å². The minimum absolute atomic E-state index is 0.0274. The summed E-state index contributed by atoms with van der Waals surface area (Å²) in [6, 6.07) is 4.26. The number of carbonyl (C=O) groups is 1. The number of aliphatic hydroxyl groups is 2. The molecule has 0 spiro atoms. The molecule has 0 aliphatic carbocycles. The molecule has 0 radical (unpaired) electrons. The summed E-state index contributed by atoms with van der Waals surface area (Å²) in [6.45, 7) is -0.149. The maximum absolute atomic E-state index is 14.0. The van der Waals surface area contributed by atoms with E-state index < -0.39 is 17.9 Å². The Kier molecular flexibility index (Phi) is 3.74. The number of hydrogen-bond acceptors (Lipinski definition) is 7. The number of nitrogens with zero attached hydrogens (tertiary/aromatic N) is 2. The fraction of sp³-hybridized carbons (Fsp3) is 0.250. The second kappa shape index (κ2) is 6.10. The quantitative estimate of drug-likeness (QED) is 0.337. The number of nitrogen functional groups attached to an aromatic ring is 1. The van der Waals surface area contributed by atoms with Crippen LogP contribution < -0.4 is 11.3 Å². The molecule has 1 unspecified atom stereocenters. The van der Waals surface area contributed by atoms with Crippen LogP contribution in [-0.4, -0.2) is 32.3 Å². The molecule has 0 amide bonds. The Hall–Kier alpha value is -3.30. The zero-order chi connectivity index (χ0) is 20.4. The van der Waals surface area contributed by atoms with Crippen molar-refractivity contribution < 1.29 is 24.1 Å². The fourth-order valence-corrected chi connectivity index (χ4v) is 4.14. The van der Waals surface area contributed by atoms with E-state index in [1.807, 2.05) is 0 Å². The molecule has 29 heavy (non-hydrogen) atoms. The molecular formula is C20H16FN3O5. The van der Waals surface area contributed by atoms with Crippen molar-refractivity contribution in [1.29, 1.82) is 0 Å². The van der Waals surface area contributed by atoms with Crippen molar-refractivity contribution in [3.8, 4) is 11.4 Å². The van der Waals surface area contributed by atoms with Gasteiger partial charge in [-0.25, -0.2) is 14.2 Å². The van der Waals surface area contributed by atoms with Crippen LogP contribution in [0.3, 0.4) is 0 Å². The molecule has 5 rings (SSSR count). The Morgan fingerprint density at radius 3 is 2.83 bits per heavy atom. The van der Waals surface area contributed by atoms with Crippen molar-refractivity contribution in [3.63, 3.8) is 0 Å². The van der Waals surface area contributed by atoms with Crippen molar-refractivity contribution in [2.45, 2.75) is 25.7 Å². The van der Waals surface area contributed by atoms with Gasteiger partial charge in [0.05, 0.1) is 34.7 Å². The third kappa shape index (κ3) is 2.41. The number of fused-ring (bicyclic) bond motifs is 5. The summed E-state index contributed by atoms with van der Waals surface area (Å²) in [6.07, 6.45) is -1.27. The SMILES string of the molecule is Nc1cc2c(CCO)c3c(nc2cc1F)-c1cc2c(c(=O)n1C3)COC(=O)C2O. The van der Waals surface area contributed by atoms with Gasteiger partial charge < -0.3 is 25.3 Å². The van der Waals surface area contributed by atoms with Gasteiger partial charge in [-0.05, 0) is 24.1 Å². The first-order valence-corrected chi connectivity index (χ1v) is 9.03. The van der Waals surface area contributed by atoms with Crippen molar-refractivity contribution in [3.05, 3.63) is 56.6 Å². The Bertz CT molecular complexity index is 1280. The van der Waals surface area contributed by atoms with Gasteiger partial charge in [0, 0.05) is 29.2 Å². The van der Waals surface area contributed by atoms with Crippen LogP contribution in [0, 0.1) is 5.82 Å². The highest BCUT2D eigenvalue weighted by Crippen LogP contribution is 2.38. The van der Waals surface area contributed by atoms with Crippen LogP contribution >= 0.6 is 0 Å². The molecule has 9 heteroatoms. The lowest BCUT2D eigenvalue weighted by Crippen LogP contribution is -2.32. The van der Waals surface area contributed by atoms with Gasteiger partial charge in [0.2, 0.25) is 0 Å². The minimum atomic E-state index is -1.55. The number of pyridine rings is 2. The van der Waals surface area contributed by atoms with E-state index in [0.29, 0.717) is 22.3 Å². The number of anilines is 1. The second-order valence-electron chi connectivity index (χ2n) is 7.15. The van der Waals surface area contributed by atoms with E-state index in [4.69, 9.17) is 10.5 Å². The van der Waals surface area contributed by atoms with E-state index in [0.717, 1.165) is 11.1 Å². The number of nitrogens with two attached hydrogens (primary N) is 1. The van der Waals surface area contributed by atoms with Crippen molar-refractivity contribution in [2.24, 2.45) is 0 Å². The van der Waals surface area contributed by atoms with E-state index in [-0.39, 0.29) is 48.6 Å². The van der Waals surface area contributed by atoms with E-state index in [1.54, 1.807) is 6.07 Å². The first-order chi connectivity index (χ1) is 13.9. The van der Waals surface area contributed by atoms with E-state index in [2.05, 4.69) is 4.98 Å². The zero-order valence-corrected chi connectivity index (χ0v) is 15.1. The van der Waals surface area contributed by atoms with E-state index in [1.165, 1.54) is 16.7 Å².